The molecule has 0 spiro atoms. The van der Waals surface area contributed by atoms with Crippen molar-refractivity contribution >= 4 is 5.97 Å². The second kappa shape index (κ2) is 8.56. The van der Waals surface area contributed by atoms with Crippen molar-refractivity contribution in [3.05, 3.63) is 29.8 Å². The monoisotopic (exact) mass is 250 g/mol. The molecule has 0 saturated carbocycles. The smallest absolute Gasteiger partial charge is 0.338 e. The van der Waals surface area contributed by atoms with Gasteiger partial charge in [-0.1, -0.05) is 32.8 Å². The van der Waals surface area contributed by atoms with Crippen molar-refractivity contribution in [3.8, 4) is 5.75 Å². The second-order valence-corrected chi connectivity index (χ2v) is 4.22. The Kier molecular flexibility index (Phi) is 6.92. The van der Waals surface area contributed by atoms with Gasteiger partial charge < -0.3 is 9.47 Å². The molecule has 0 radical (unpaired) electrons. The van der Waals surface area contributed by atoms with Crippen LogP contribution in [-0.2, 0) is 4.74 Å². The summed E-state index contributed by atoms with van der Waals surface area (Å²) in [5, 5.41) is 0. The Labute approximate surface area is 109 Å². The molecule has 0 fully saturated rings. The van der Waals surface area contributed by atoms with Gasteiger partial charge in [0.05, 0.1) is 18.8 Å². The molecule has 0 bridgehead atoms. The third kappa shape index (κ3) is 5.21. The SMILES string of the molecule is CCCCOC(=O)c1cccc(OCCCC)c1. The largest absolute Gasteiger partial charge is 0.494 e. The van der Waals surface area contributed by atoms with Gasteiger partial charge in [0, 0.05) is 0 Å². The van der Waals surface area contributed by atoms with E-state index in [0.717, 1.165) is 31.4 Å². The van der Waals surface area contributed by atoms with Crippen molar-refractivity contribution in [1.29, 1.82) is 0 Å². The van der Waals surface area contributed by atoms with Gasteiger partial charge in [0.1, 0.15) is 5.75 Å². The molecular weight excluding hydrogens is 228 g/mol. The lowest BCUT2D eigenvalue weighted by atomic mass is 10.2. The van der Waals surface area contributed by atoms with E-state index in [1.807, 2.05) is 12.1 Å². The van der Waals surface area contributed by atoms with Crippen LogP contribution in [-0.4, -0.2) is 19.2 Å². The minimum atomic E-state index is -0.274. The van der Waals surface area contributed by atoms with Crippen LogP contribution in [0.3, 0.4) is 0 Å². The lowest BCUT2D eigenvalue weighted by molar-refractivity contribution is 0.0499. The summed E-state index contributed by atoms with van der Waals surface area (Å²) in [7, 11) is 0. The normalized spacial score (nSPS) is 10.1. The highest BCUT2D eigenvalue weighted by molar-refractivity contribution is 5.89. The molecule has 0 atom stereocenters. The van der Waals surface area contributed by atoms with Crippen molar-refractivity contribution in [2.75, 3.05) is 13.2 Å². The van der Waals surface area contributed by atoms with Gasteiger partial charge in [0.15, 0.2) is 0 Å². The molecule has 0 N–H and O–H groups in total. The molecule has 100 valence electrons. The molecule has 0 saturated heterocycles. The fraction of sp³-hybridized carbons (Fsp3) is 0.533. The Bertz CT molecular complexity index is 361. The number of carbonyl (C=O) groups excluding carboxylic acids is 1. The minimum Gasteiger partial charge on any atom is -0.494 e. The fourth-order valence-corrected chi connectivity index (χ4v) is 1.44. The highest BCUT2D eigenvalue weighted by Gasteiger charge is 2.07. The summed E-state index contributed by atoms with van der Waals surface area (Å²) in [4.78, 5) is 11.7. The highest BCUT2D eigenvalue weighted by Crippen LogP contribution is 2.14. The molecular formula is C15H22O3. The van der Waals surface area contributed by atoms with E-state index in [4.69, 9.17) is 9.47 Å². The topological polar surface area (TPSA) is 35.5 Å². The number of unbranched alkanes of at least 4 members (excludes halogenated alkanes) is 2. The van der Waals surface area contributed by atoms with Gasteiger partial charge in [-0.05, 0) is 31.0 Å². The zero-order valence-electron chi connectivity index (χ0n) is 11.3. The summed E-state index contributed by atoms with van der Waals surface area (Å²) >= 11 is 0. The zero-order valence-corrected chi connectivity index (χ0v) is 11.3. The van der Waals surface area contributed by atoms with Gasteiger partial charge in [0.25, 0.3) is 0 Å². The molecule has 0 aromatic heterocycles. The molecule has 0 aliphatic rings. The van der Waals surface area contributed by atoms with Gasteiger partial charge in [-0.2, -0.15) is 0 Å². The Hall–Kier alpha value is -1.51. The Balaban J connectivity index is 2.49. The summed E-state index contributed by atoms with van der Waals surface area (Å²) in [5.41, 5.74) is 0.556. The highest BCUT2D eigenvalue weighted by atomic mass is 16.5. The lowest BCUT2D eigenvalue weighted by Crippen LogP contribution is -2.06. The van der Waals surface area contributed by atoms with Gasteiger partial charge in [-0.15, -0.1) is 0 Å². The van der Waals surface area contributed by atoms with Crippen LogP contribution < -0.4 is 4.74 Å². The zero-order chi connectivity index (χ0) is 13.2. The van der Waals surface area contributed by atoms with E-state index in [1.165, 1.54) is 0 Å². The number of carbonyl (C=O) groups is 1. The van der Waals surface area contributed by atoms with Crippen molar-refractivity contribution in [2.24, 2.45) is 0 Å². The maximum Gasteiger partial charge on any atom is 0.338 e. The number of esters is 1. The Morgan fingerprint density at radius 1 is 1.11 bits per heavy atom. The van der Waals surface area contributed by atoms with Crippen LogP contribution in [0.5, 0.6) is 5.75 Å². The fourth-order valence-electron chi connectivity index (χ4n) is 1.44. The average Bonchev–Trinajstić information content (AvgIpc) is 2.39. The standard InChI is InChI=1S/C15H22O3/c1-3-5-10-17-14-9-7-8-13(12-14)15(16)18-11-6-4-2/h7-9,12H,3-6,10-11H2,1-2H3. The van der Waals surface area contributed by atoms with Crippen molar-refractivity contribution in [3.63, 3.8) is 0 Å². The van der Waals surface area contributed by atoms with Crippen LogP contribution in [0.15, 0.2) is 24.3 Å². The third-order valence-electron chi connectivity index (χ3n) is 2.57. The number of rotatable bonds is 8. The van der Waals surface area contributed by atoms with E-state index in [1.54, 1.807) is 12.1 Å². The summed E-state index contributed by atoms with van der Waals surface area (Å²) in [6, 6.07) is 7.17. The summed E-state index contributed by atoms with van der Waals surface area (Å²) in [5.74, 6) is 0.456. The maximum absolute atomic E-state index is 11.7. The molecule has 0 heterocycles. The third-order valence-corrected chi connectivity index (χ3v) is 2.57. The summed E-state index contributed by atoms with van der Waals surface area (Å²) < 4.78 is 10.7. The van der Waals surface area contributed by atoms with Crippen molar-refractivity contribution in [2.45, 2.75) is 39.5 Å². The first-order valence-corrected chi connectivity index (χ1v) is 6.68. The predicted molar refractivity (Wildman–Crippen MR) is 72.0 cm³/mol. The van der Waals surface area contributed by atoms with Gasteiger partial charge in [0.2, 0.25) is 0 Å². The first-order valence-electron chi connectivity index (χ1n) is 6.68. The van der Waals surface area contributed by atoms with E-state index in [0.29, 0.717) is 18.8 Å². The van der Waals surface area contributed by atoms with Crippen LogP contribution in [0.2, 0.25) is 0 Å². The molecule has 0 aliphatic carbocycles. The number of ether oxygens (including phenoxy) is 2. The van der Waals surface area contributed by atoms with Crippen LogP contribution >= 0.6 is 0 Å². The van der Waals surface area contributed by atoms with E-state index >= 15 is 0 Å². The van der Waals surface area contributed by atoms with E-state index in [9.17, 15) is 4.79 Å². The first kappa shape index (κ1) is 14.6. The second-order valence-electron chi connectivity index (χ2n) is 4.22. The Morgan fingerprint density at radius 2 is 1.83 bits per heavy atom. The summed E-state index contributed by atoms with van der Waals surface area (Å²) in [6.45, 7) is 5.35. The first-order chi connectivity index (χ1) is 8.77. The van der Waals surface area contributed by atoms with Crippen LogP contribution in [0.1, 0.15) is 49.9 Å². The molecule has 3 heteroatoms. The van der Waals surface area contributed by atoms with Gasteiger partial charge >= 0.3 is 5.97 Å². The summed E-state index contributed by atoms with van der Waals surface area (Å²) in [6.07, 6.45) is 4.04. The average molecular weight is 250 g/mol. The molecule has 1 aromatic rings. The lowest BCUT2D eigenvalue weighted by Gasteiger charge is -2.07. The van der Waals surface area contributed by atoms with Crippen molar-refractivity contribution in [1.82, 2.24) is 0 Å². The number of benzene rings is 1. The quantitative estimate of drug-likeness (QED) is 0.519. The molecule has 1 rings (SSSR count). The van der Waals surface area contributed by atoms with E-state index in [-0.39, 0.29) is 5.97 Å². The molecule has 3 nitrogen and oxygen atoms in total. The van der Waals surface area contributed by atoms with Crippen LogP contribution in [0.25, 0.3) is 0 Å². The van der Waals surface area contributed by atoms with Gasteiger partial charge in [-0.3, -0.25) is 0 Å². The van der Waals surface area contributed by atoms with Crippen LogP contribution in [0, 0.1) is 0 Å². The molecule has 18 heavy (non-hydrogen) atoms. The molecule has 0 amide bonds. The van der Waals surface area contributed by atoms with Crippen LogP contribution in [0.4, 0.5) is 0 Å². The number of hydrogen-bond acceptors (Lipinski definition) is 3. The molecule has 0 aliphatic heterocycles. The van der Waals surface area contributed by atoms with E-state index in [2.05, 4.69) is 13.8 Å². The van der Waals surface area contributed by atoms with E-state index < -0.39 is 0 Å². The molecule has 0 unspecified atom stereocenters. The van der Waals surface area contributed by atoms with Gasteiger partial charge in [-0.25, -0.2) is 4.79 Å². The number of hydrogen-bond donors (Lipinski definition) is 0. The minimum absolute atomic E-state index is 0.274. The van der Waals surface area contributed by atoms with Crippen molar-refractivity contribution < 1.29 is 14.3 Å². The maximum atomic E-state index is 11.7. The predicted octanol–water partition coefficient (Wildman–Crippen LogP) is 3.82. The molecule has 1 aromatic carbocycles. The Morgan fingerprint density at radius 3 is 2.56 bits per heavy atom.